The topological polar surface area (TPSA) is 96.7 Å². The molecule has 0 aliphatic carbocycles. The van der Waals surface area contributed by atoms with Gasteiger partial charge in [-0.1, -0.05) is 0 Å². The molecule has 2 N–H and O–H groups in total. The summed E-state index contributed by atoms with van der Waals surface area (Å²) in [6.07, 6.45) is -1.12. The Morgan fingerprint density at radius 3 is 2.50 bits per heavy atom. The number of ether oxygens (including phenoxy) is 1. The van der Waals surface area contributed by atoms with E-state index in [1.165, 1.54) is 13.0 Å². The van der Waals surface area contributed by atoms with Gasteiger partial charge in [-0.05, 0) is 26.0 Å². The van der Waals surface area contributed by atoms with Crippen LogP contribution in [0.5, 0.6) is 5.75 Å². The zero-order valence-electron chi connectivity index (χ0n) is 8.80. The molecule has 0 spiro atoms. The van der Waals surface area contributed by atoms with Crippen molar-refractivity contribution in [2.24, 2.45) is 0 Å². The lowest BCUT2D eigenvalue weighted by Crippen LogP contribution is -2.24. The van der Waals surface area contributed by atoms with Crippen LogP contribution in [0.3, 0.4) is 0 Å². The minimum Gasteiger partial charge on any atom is -0.479 e. The van der Waals surface area contributed by atoms with Crippen molar-refractivity contribution in [1.29, 1.82) is 0 Å². The summed E-state index contributed by atoms with van der Waals surface area (Å²) in [5.41, 5.74) is 0.237. The molecule has 0 aliphatic rings. The van der Waals surface area contributed by atoms with Crippen molar-refractivity contribution in [1.82, 2.24) is 4.98 Å². The Hall–Kier alpha value is -2.11. The third kappa shape index (κ3) is 2.69. The molecule has 1 aromatic rings. The summed E-state index contributed by atoms with van der Waals surface area (Å²) in [4.78, 5) is 25.2. The van der Waals surface area contributed by atoms with Crippen molar-refractivity contribution in [2.45, 2.75) is 20.0 Å². The molecule has 16 heavy (non-hydrogen) atoms. The van der Waals surface area contributed by atoms with Crippen LogP contribution in [-0.2, 0) is 4.79 Å². The number of pyridine rings is 1. The van der Waals surface area contributed by atoms with Crippen molar-refractivity contribution in [3.63, 3.8) is 0 Å². The van der Waals surface area contributed by atoms with Gasteiger partial charge < -0.3 is 14.9 Å². The predicted octanol–water partition coefficient (Wildman–Crippen LogP) is 0.940. The van der Waals surface area contributed by atoms with Gasteiger partial charge in [0, 0.05) is 5.69 Å². The maximum atomic E-state index is 10.8. The Labute approximate surface area is 91.5 Å². The van der Waals surface area contributed by atoms with Gasteiger partial charge in [0.1, 0.15) is 0 Å². The number of aromatic carboxylic acids is 1. The predicted molar refractivity (Wildman–Crippen MR) is 53.7 cm³/mol. The lowest BCUT2D eigenvalue weighted by molar-refractivity contribution is -0.144. The van der Waals surface area contributed by atoms with E-state index in [9.17, 15) is 9.59 Å². The van der Waals surface area contributed by atoms with Gasteiger partial charge in [-0.25, -0.2) is 14.6 Å². The van der Waals surface area contributed by atoms with Crippen molar-refractivity contribution >= 4 is 11.9 Å². The van der Waals surface area contributed by atoms with E-state index in [4.69, 9.17) is 14.9 Å². The summed E-state index contributed by atoms with van der Waals surface area (Å²) < 4.78 is 4.98. The van der Waals surface area contributed by atoms with E-state index in [1.807, 2.05) is 0 Å². The lowest BCUT2D eigenvalue weighted by Gasteiger charge is -2.12. The molecule has 6 heteroatoms. The Morgan fingerprint density at radius 1 is 1.38 bits per heavy atom. The zero-order chi connectivity index (χ0) is 12.3. The number of aromatic nitrogens is 1. The summed E-state index contributed by atoms with van der Waals surface area (Å²) in [6, 6.07) is 2.95. The highest BCUT2D eigenvalue weighted by molar-refractivity contribution is 5.88. The Balaban J connectivity index is 3.04. The van der Waals surface area contributed by atoms with Gasteiger partial charge in [-0.3, -0.25) is 0 Å². The first kappa shape index (κ1) is 12.0. The van der Waals surface area contributed by atoms with Gasteiger partial charge >= 0.3 is 11.9 Å². The molecule has 1 unspecified atom stereocenters. The number of carbonyl (C=O) groups is 2. The van der Waals surface area contributed by atoms with Gasteiger partial charge in [-0.15, -0.1) is 0 Å². The minimum atomic E-state index is -1.25. The number of hydrogen-bond donors (Lipinski definition) is 2. The van der Waals surface area contributed by atoms with Crippen molar-refractivity contribution in [3.05, 3.63) is 23.5 Å². The van der Waals surface area contributed by atoms with Crippen LogP contribution >= 0.6 is 0 Å². The Kier molecular flexibility index (Phi) is 3.44. The number of aryl methyl sites for hydroxylation is 1. The molecule has 0 fully saturated rings. The van der Waals surface area contributed by atoms with E-state index in [-0.39, 0.29) is 11.4 Å². The second-order valence-electron chi connectivity index (χ2n) is 3.20. The van der Waals surface area contributed by atoms with E-state index in [1.54, 1.807) is 13.0 Å². The van der Waals surface area contributed by atoms with Gasteiger partial charge in [-0.2, -0.15) is 0 Å². The lowest BCUT2D eigenvalue weighted by atomic mass is 10.3. The van der Waals surface area contributed by atoms with Crippen molar-refractivity contribution in [2.75, 3.05) is 0 Å². The Bertz CT molecular complexity index is 429. The summed E-state index contributed by atoms with van der Waals surface area (Å²) in [5.74, 6) is -2.47. The van der Waals surface area contributed by atoms with Gasteiger partial charge in [0.05, 0.1) is 0 Å². The number of hydrogen-bond acceptors (Lipinski definition) is 4. The molecule has 1 heterocycles. The largest absolute Gasteiger partial charge is 0.479 e. The second kappa shape index (κ2) is 4.61. The summed E-state index contributed by atoms with van der Waals surface area (Å²) in [6.45, 7) is 2.95. The molecule has 0 bridgehead atoms. The Morgan fingerprint density at radius 2 is 2.00 bits per heavy atom. The fourth-order valence-corrected chi connectivity index (χ4v) is 1.03. The number of aliphatic carboxylic acids is 1. The van der Waals surface area contributed by atoms with E-state index in [0.29, 0.717) is 5.69 Å². The monoisotopic (exact) mass is 225 g/mol. The van der Waals surface area contributed by atoms with Crippen LogP contribution in [0.1, 0.15) is 23.1 Å². The third-order valence-corrected chi connectivity index (χ3v) is 1.85. The van der Waals surface area contributed by atoms with E-state index >= 15 is 0 Å². The number of carboxylic acid groups (broad SMARTS) is 2. The van der Waals surface area contributed by atoms with E-state index in [2.05, 4.69) is 4.98 Å². The highest BCUT2D eigenvalue weighted by Crippen LogP contribution is 2.18. The highest BCUT2D eigenvalue weighted by atomic mass is 16.5. The molecule has 0 aromatic carbocycles. The fourth-order valence-electron chi connectivity index (χ4n) is 1.03. The molecule has 1 aromatic heterocycles. The van der Waals surface area contributed by atoms with E-state index in [0.717, 1.165) is 0 Å². The van der Waals surface area contributed by atoms with Crippen molar-refractivity contribution in [3.8, 4) is 5.75 Å². The second-order valence-corrected chi connectivity index (χ2v) is 3.20. The van der Waals surface area contributed by atoms with Crippen LogP contribution in [-0.4, -0.2) is 33.2 Å². The highest BCUT2D eigenvalue weighted by Gasteiger charge is 2.19. The average molecular weight is 225 g/mol. The van der Waals surface area contributed by atoms with Gasteiger partial charge in [0.15, 0.2) is 17.5 Å². The van der Waals surface area contributed by atoms with Gasteiger partial charge in [0.25, 0.3) is 0 Å². The summed E-state index contributed by atoms with van der Waals surface area (Å²) in [7, 11) is 0. The smallest absolute Gasteiger partial charge is 0.358 e. The van der Waals surface area contributed by atoms with Gasteiger partial charge in [0.2, 0.25) is 0 Å². The number of rotatable bonds is 4. The molecule has 0 amide bonds. The molecular weight excluding hydrogens is 214 g/mol. The molecular formula is C10H11NO5. The molecule has 0 radical (unpaired) electrons. The SMILES string of the molecule is Cc1ccc(OC(C)C(=O)O)c(C(=O)O)n1. The summed E-state index contributed by atoms with van der Waals surface area (Å²) in [5, 5.41) is 17.5. The molecule has 0 saturated heterocycles. The summed E-state index contributed by atoms with van der Waals surface area (Å²) >= 11 is 0. The standard InChI is InChI=1S/C10H11NO5/c1-5-3-4-7(8(11-5)10(14)15)16-6(2)9(12)13/h3-4,6H,1-2H3,(H,12,13)(H,14,15). The first-order valence-corrected chi connectivity index (χ1v) is 4.52. The van der Waals surface area contributed by atoms with E-state index < -0.39 is 18.0 Å². The first-order chi connectivity index (χ1) is 7.41. The number of nitrogens with zero attached hydrogens (tertiary/aromatic N) is 1. The van der Waals surface area contributed by atoms with Crippen LogP contribution in [0.15, 0.2) is 12.1 Å². The maximum Gasteiger partial charge on any atom is 0.358 e. The molecule has 0 saturated carbocycles. The quantitative estimate of drug-likeness (QED) is 0.791. The van der Waals surface area contributed by atoms with Crippen LogP contribution in [0, 0.1) is 6.92 Å². The molecule has 1 rings (SSSR count). The first-order valence-electron chi connectivity index (χ1n) is 4.52. The van der Waals surface area contributed by atoms with Crippen LogP contribution in [0.2, 0.25) is 0 Å². The third-order valence-electron chi connectivity index (χ3n) is 1.85. The fraction of sp³-hybridized carbons (Fsp3) is 0.300. The molecule has 1 atom stereocenters. The molecule has 0 aliphatic heterocycles. The van der Waals surface area contributed by atoms with Crippen molar-refractivity contribution < 1.29 is 24.5 Å². The zero-order valence-corrected chi connectivity index (χ0v) is 8.80. The molecule has 6 nitrogen and oxygen atoms in total. The van der Waals surface area contributed by atoms with Crippen LogP contribution in [0.25, 0.3) is 0 Å². The van der Waals surface area contributed by atoms with Crippen LogP contribution in [0.4, 0.5) is 0 Å². The normalized spacial score (nSPS) is 11.9. The maximum absolute atomic E-state index is 10.8. The minimum absolute atomic E-state index is 0.0481. The average Bonchev–Trinajstić information content (AvgIpc) is 2.20. The van der Waals surface area contributed by atoms with Crippen LogP contribution < -0.4 is 4.74 Å². The molecule has 86 valence electrons. The number of carboxylic acids is 2.